The Bertz CT molecular complexity index is 865. The summed E-state index contributed by atoms with van der Waals surface area (Å²) >= 11 is 0. The number of hydrogen-bond acceptors (Lipinski definition) is 4. The highest BCUT2D eigenvalue weighted by Gasteiger charge is 2.38. The summed E-state index contributed by atoms with van der Waals surface area (Å²) in [7, 11) is 4.16. The van der Waals surface area contributed by atoms with Crippen LogP contribution in [-0.2, 0) is 12.0 Å². The van der Waals surface area contributed by atoms with Gasteiger partial charge in [0.15, 0.2) is 0 Å². The number of nitrogens with two attached hydrogens (primary N) is 1. The minimum absolute atomic E-state index is 0.0478. The van der Waals surface area contributed by atoms with E-state index in [9.17, 15) is 4.79 Å². The van der Waals surface area contributed by atoms with Crippen LogP contribution in [0.4, 0.5) is 0 Å². The normalized spacial score (nSPS) is 21.9. The van der Waals surface area contributed by atoms with Crippen LogP contribution >= 0.6 is 0 Å². The van der Waals surface area contributed by atoms with E-state index in [-0.39, 0.29) is 11.3 Å². The number of rotatable bonds is 9. The van der Waals surface area contributed by atoms with Gasteiger partial charge in [-0.3, -0.25) is 9.69 Å². The van der Waals surface area contributed by atoms with Gasteiger partial charge in [0.25, 0.3) is 0 Å². The van der Waals surface area contributed by atoms with Gasteiger partial charge in [0.1, 0.15) is 5.75 Å². The lowest BCUT2D eigenvalue weighted by molar-refractivity contribution is 0.0996. The lowest BCUT2D eigenvalue weighted by Crippen LogP contribution is -2.47. The summed E-state index contributed by atoms with van der Waals surface area (Å²) in [4.78, 5) is 16.3. The predicted octanol–water partition coefficient (Wildman–Crippen LogP) is 3.92. The van der Waals surface area contributed by atoms with Crippen molar-refractivity contribution in [3.8, 4) is 5.75 Å². The molecule has 0 saturated carbocycles. The van der Waals surface area contributed by atoms with Crippen molar-refractivity contribution in [1.82, 2.24) is 9.80 Å². The molecule has 1 aliphatic heterocycles. The lowest BCUT2D eigenvalue weighted by Gasteiger charge is -2.45. The number of amides is 1. The molecule has 31 heavy (non-hydrogen) atoms. The Labute approximate surface area is 187 Å². The highest BCUT2D eigenvalue weighted by molar-refractivity contribution is 5.92. The monoisotopic (exact) mass is 423 g/mol. The van der Waals surface area contributed by atoms with Crippen molar-refractivity contribution in [3.05, 3.63) is 65.2 Å². The Balaban J connectivity index is 1.55. The van der Waals surface area contributed by atoms with Gasteiger partial charge in [0.05, 0.1) is 6.61 Å². The first kappa shape index (κ1) is 23.3. The fourth-order valence-electron chi connectivity index (χ4n) is 4.44. The van der Waals surface area contributed by atoms with Crippen molar-refractivity contribution in [2.24, 2.45) is 11.7 Å². The number of piperidine rings is 1. The molecule has 0 radical (unpaired) electrons. The Morgan fingerprint density at radius 3 is 2.61 bits per heavy atom. The molecule has 0 spiro atoms. The number of carbonyl (C=O) groups is 1. The molecule has 2 atom stereocenters. The second-order valence-electron chi connectivity index (χ2n) is 9.40. The van der Waals surface area contributed by atoms with Gasteiger partial charge in [0.2, 0.25) is 5.91 Å². The molecule has 5 heteroatoms. The molecule has 1 heterocycles. The largest absolute Gasteiger partial charge is 0.494 e. The van der Waals surface area contributed by atoms with Gasteiger partial charge in [-0.25, -0.2) is 0 Å². The van der Waals surface area contributed by atoms with Crippen LogP contribution < -0.4 is 10.5 Å². The SMILES string of the molecule is C[C@H]1CN(Cc2ccc(OCCCN(C)C)cc2)CC[C@@]1(C)c1cccc(C(N)=O)c1. The Morgan fingerprint density at radius 1 is 1.23 bits per heavy atom. The molecule has 2 aromatic rings. The summed E-state index contributed by atoms with van der Waals surface area (Å²) in [5.74, 6) is 1.06. The zero-order valence-corrected chi connectivity index (χ0v) is 19.4. The van der Waals surface area contributed by atoms with Gasteiger partial charge in [0, 0.05) is 25.2 Å². The number of nitrogens with zero attached hydrogens (tertiary/aromatic N) is 2. The van der Waals surface area contributed by atoms with Crippen molar-refractivity contribution in [3.63, 3.8) is 0 Å². The van der Waals surface area contributed by atoms with Crippen molar-refractivity contribution < 1.29 is 9.53 Å². The molecule has 0 aromatic heterocycles. The van der Waals surface area contributed by atoms with E-state index in [2.05, 4.69) is 68.1 Å². The number of hydrogen-bond donors (Lipinski definition) is 1. The molecule has 0 bridgehead atoms. The first-order valence-corrected chi connectivity index (χ1v) is 11.3. The van der Waals surface area contributed by atoms with E-state index < -0.39 is 0 Å². The number of ether oxygens (including phenoxy) is 1. The molecular weight excluding hydrogens is 386 g/mol. The van der Waals surface area contributed by atoms with Gasteiger partial charge in [-0.15, -0.1) is 0 Å². The van der Waals surface area contributed by atoms with Gasteiger partial charge >= 0.3 is 0 Å². The molecular formula is C26H37N3O2. The molecule has 1 aliphatic rings. The van der Waals surface area contributed by atoms with Crippen LogP contribution in [-0.4, -0.2) is 56.0 Å². The topological polar surface area (TPSA) is 58.8 Å². The minimum atomic E-state index is -0.360. The van der Waals surface area contributed by atoms with Gasteiger partial charge < -0.3 is 15.4 Å². The maximum absolute atomic E-state index is 11.6. The third-order valence-corrected chi connectivity index (χ3v) is 6.72. The van der Waals surface area contributed by atoms with E-state index in [4.69, 9.17) is 10.5 Å². The maximum atomic E-state index is 11.6. The second-order valence-corrected chi connectivity index (χ2v) is 9.40. The number of carbonyl (C=O) groups excluding carboxylic acids is 1. The zero-order chi connectivity index (χ0) is 22.4. The van der Waals surface area contributed by atoms with E-state index in [1.165, 1.54) is 11.1 Å². The van der Waals surface area contributed by atoms with Crippen LogP contribution in [0.5, 0.6) is 5.75 Å². The van der Waals surface area contributed by atoms with Crippen LogP contribution in [0.1, 0.15) is 48.2 Å². The summed E-state index contributed by atoms with van der Waals surface area (Å²) in [5, 5.41) is 0. The van der Waals surface area contributed by atoms with E-state index in [1.54, 1.807) is 6.07 Å². The minimum Gasteiger partial charge on any atom is -0.494 e. The van der Waals surface area contributed by atoms with Crippen molar-refractivity contribution in [2.75, 3.05) is 40.3 Å². The van der Waals surface area contributed by atoms with Gasteiger partial charge in [-0.2, -0.15) is 0 Å². The molecule has 0 unspecified atom stereocenters. The molecule has 1 amide bonds. The van der Waals surface area contributed by atoms with Crippen LogP contribution in [0.15, 0.2) is 48.5 Å². The summed E-state index contributed by atoms with van der Waals surface area (Å²) in [6.45, 7) is 9.42. The lowest BCUT2D eigenvalue weighted by atomic mass is 9.68. The summed E-state index contributed by atoms with van der Waals surface area (Å²) in [6, 6.07) is 16.4. The molecule has 0 aliphatic carbocycles. The third kappa shape index (κ3) is 6.08. The first-order chi connectivity index (χ1) is 14.8. The highest BCUT2D eigenvalue weighted by Crippen LogP contribution is 2.40. The molecule has 1 saturated heterocycles. The van der Waals surface area contributed by atoms with Crippen LogP contribution in [0.25, 0.3) is 0 Å². The fourth-order valence-corrected chi connectivity index (χ4v) is 4.44. The maximum Gasteiger partial charge on any atom is 0.248 e. The van der Waals surface area contributed by atoms with E-state index in [0.29, 0.717) is 11.5 Å². The van der Waals surface area contributed by atoms with E-state index in [0.717, 1.165) is 51.4 Å². The second kappa shape index (κ2) is 10.3. The fraction of sp³-hybridized carbons (Fsp3) is 0.500. The smallest absolute Gasteiger partial charge is 0.248 e. The Morgan fingerprint density at radius 2 is 1.97 bits per heavy atom. The summed E-state index contributed by atoms with van der Waals surface area (Å²) in [6.07, 6.45) is 2.09. The number of likely N-dealkylation sites (tertiary alicyclic amines) is 1. The average Bonchev–Trinajstić information content (AvgIpc) is 2.75. The quantitative estimate of drug-likeness (QED) is 0.621. The van der Waals surface area contributed by atoms with Crippen molar-refractivity contribution >= 4 is 5.91 Å². The summed E-state index contributed by atoms with van der Waals surface area (Å²) < 4.78 is 5.85. The molecule has 5 nitrogen and oxygen atoms in total. The van der Waals surface area contributed by atoms with Crippen LogP contribution in [0.2, 0.25) is 0 Å². The van der Waals surface area contributed by atoms with Crippen molar-refractivity contribution in [2.45, 2.75) is 38.6 Å². The number of primary amides is 1. The summed E-state index contributed by atoms with van der Waals surface area (Å²) in [5.41, 5.74) is 8.67. The van der Waals surface area contributed by atoms with E-state index >= 15 is 0 Å². The standard InChI is InChI=1S/C26H37N3O2/c1-20-18-29(15-13-26(20,2)23-8-5-7-22(17-23)25(27)30)19-21-9-11-24(12-10-21)31-16-6-14-28(3)4/h5,7-12,17,20H,6,13-16,18-19H2,1-4H3,(H2,27,30)/t20-,26+/m0/s1. The first-order valence-electron chi connectivity index (χ1n) is 11.3. The predicted molar refractivity (Wildman–Crippen MR) is 126 cm³/mol. The third-order valence-electron chi connectivity index (χ3n) is 6.72. The van der Waals surface area contributed by atoms with Crippen LogP contribution in [0.3, 0.4) is 0 Å². The Kier molecular flexibility index (Phi) is 7.74. The van der Waals surface area contributed by atoms with Gasteiger partial charge in [-0.1, -0.05) is 38.1 Å². The molecule has 2 N–H and O–H groups in total. The average molecular weight is 424 g/mol. The van der Waals surface area contributed by atoms with Crippen LogP contribution in [0, 0.1) is 5.92 Å². The Hall–Kier alpha value is -2.37. The highest BCUT2D eigenvalue weighted by atomic mass is 16.5. The molecule has 1 fully saturated rings. The zero-order valence-electron chi connectivity index (χ0n) is 19.4. The van der Waals surface area contributed by atoms with E-state index in [1.807, 2.05) is 12.1 Å². The molecule has 168 valence electrons. The molecule has 3 rings (SSSR count). The molecule has 2 aromatic carbocycles. The number of benzene rings is 2. The van der Waals surface area contributed by atoms with Crippen molar-refractivity contribution in [1.29, 1.82) is 0 Å². The van der Waals surface area contributed by atoms with Gasteiger partial charge in [-0.05, 0) is 80.2 Å².